The molecule has 0 N–H and O–H groups in total. The summed E-state index contributed by atoms with van der Waals surface area (Å²) in [6.07, 6.45) is 1.42. The van der Waals surface area contributed by atoms with Crippen LogP contribution < -0.4 is 0 Å². The van der Waals surface area contributed by atoms with Gasteiger partial charge in [-0.2, -0.15) is 0 Å². The Morgan fingerprint density at radius 2 is 1.88 bits per heavy atom. The number of allylic oxidation sites excluding steroid dienone is 1. The maximum absolute atomic E-state index is 12.4. The van der Waals surface area contributed by atoms with Gasteiger partial charge in [0, 0.05) is 19.4 Å². The maximum atomic E-state index is 12.4. The van der Waals surface area contributed by atoms with Gasteiger partial charge in [0.15, 0.2) is 6.10 Å². The second-order valence-corrected chi connectivity index (χ2v) is 5.90. The molecule has 6 nitrogen and oxygen atoms in total. The van der Waals surface area contributed by atoms with Gasteiger partial charge in [-0.05, 0) is 24.5 Å². The summed E-state index contributed by atoms with van der Waals surface area (Å²) in [6, 6.07) is 9.05. The number of rotatable bonds is 4. The van der Waals surface area contributed by atoms with E-state index in [1.54, 1.807) is 18.2 Å². The van der Waals surface area contributed by atoms with Crippen LogP contribution in [0.3, 0.4) is 0 Å². The minimum atomic E-state index is -0.822. The highest BCUT2D eigenvalue weighted by Gasteiger charge is 2.39. The van der Waals surface area contributed by atoms with Crippen molar-refractivity contribution in [1.29, 1.82) is 0 Å². The van der Waals surface area contributed by atoms with Crippen molar-refractivity contribution in [3.05, 3.63) is 58.9 Å². The van der Waals surface area contributed by atoms with Crippen LogP contribution >= 0.6 is 0 Å². The molecule has 2 atom stereocenters. The molecule has 1 aliphatic carbocycles. The minimum absolute atomic E-state index is 0.328. The highest BCUT2D eigenvalue weighted by Crippen LogP contribution is 2.41. The largest absolute Gasteiger partial charge is 0.458 e. The second-order valence-electron chi connectivity index (χ2n) is 5.90. The zero-order valence-electron chi connectivity index (χ0n) is 14.0. The second kappa shape index (κ2) is 6.93. The topological polar surface area (TPSA) is 78.9 Å². The predicted octanol–water partition coefficient (Wildman–Crippen LogP) is 2.75. The fourth-order valence-electron chi connectivity index (χ4n) is 3.06. The van der Waals surface area contributed by atoms with Crippen LogP contribution in [0.1, 0.15) is 38.4 Å². The van der Waals surface area contributed by atoms with Crippen LogP contribution in [0, 0.1) is 0 Å². The van der Waals surface area contributed by atoms with Gasteiger partial charge < -0.3 is 14.2 Å². The highest BCUT2D eigenvalue weighted by molar-refractivity contribution is 5.96. The van der Waals surface area contributed by atoms with Gasteiger partial charge in [0.05, 0.1) is 5.57 Å². The molecule has 0 radical (unpaired) electrons. The number of hydrogen-bond acceptors (Lipinski definition) is 6. The summed E-state index contributed by atoms with van der Waals surface area (Å²) in [5.74, 6) is -1.04. The smallest absolute Gasteiger partial charge is 0.343 e. The third-order valence-electron chi connectivity index (χ3n) is 4.03. The molecule has 0 saturated carbocycles. The van der Waals surface area contributed by atoms with Gasteiger partial charge in [-0.15, -0.1) is 0 Å². The molecule has 3 rings (SSSR count). The van der Waals surface area contributed by atoms with Gasteiger partial charge in [0.1, 0.15) is 11.9 Å². The lowest BCUT2D eigenvalue weighted by Crippen LogP contribution is -2.19. The lowest BCUT2D eigenvalue weighted by Gasteiger charge is -2.21. The summed E-state index contributed by atoms with van der Waals surface area (Å²) in [5.41, 5.74) is 1.72. The van der Waals surface area contributed by atoms with E-state index in [0.717, 1.165) is 0 Å². The molecule has 1 heterocycles. The number of benzene rings is 1. The van der Waals surface area contributed by atoms with Crippen molar-refractivity contribution in [3.63, 3.8) is 0 Å². The molecule has 6 heteroatoms. The van der Waals surface area contributed by atoms with Crippen LogP contribution in [0.5, 0.6) is 0 Å². The van der Waals surface area contributed by atoms with Crippen molar-refractivity contribution in [2.75, 3.05) is 0 Å². The summed E-state index contributed by atoms with van der Waals surface area (Å²) in [7, 11) is 0. The van der Waals surface area contributed by atoms with E-state index < -0.39 is 24.1 Å². The van der Waals surface area contributed by atoms with Crippen molar-refractivity contribution in [3.8, 4) is 0 Å². The van der Waals surface area contributed by atoms with Crippen LogP contribution in [-0.2, 0) is 28.6 Å². The Labute approximate surface area is 145 Å². The normalized spacial score (nSPS) is 20.3. The van der Waals surface area contributed by atoms with Crippen LogP contribution in [0.15, 0.2) is 53.3 Å². The molecule has 1 aromatic rings. The number of carbonyl (C=O) groups excluding carboxylic acids is 3. The summed E-state index contributed by atoms with van der Waals surface area (Å²) in [5, 5.41) is 0. The Morgan fingerprint density at radius 1 is 1.16 bits per heavy atom. The van der Waals surface area contributed by atoms with Gasteiger partial charge in [0.2, 0.25) is 0 Å². The van der Waals surface area contributed by atoms with E-state index in [0.29, 0.717) is 35.3 Å². The van der Waals surface area contributed by atoms with Crippen molar-refractivity contribution < 1.29 is 28.6 Å². The number of esters is 3. The van der Waals surface area contributed by atoms with Crippen molar-refractivity contribution in [1.82, 2.24) is 0 Å². The number of hydrogen-bond donors (Lipinski definition) is 0. The molecule has 0 bridgehead atoms. The number of ether oxygens (including phenoxy) is 3. The molecular weight excluding hydrogens is 324 g/mol. The van der Waals surface area contributed by atoms with Gasteiger partial charge >= 0.3 is 17.9 Å². The van der Waals surface area contributed by atoms with Crippen LogP contribution in [0.25, 0.3) is 0 Å². The lowest BCUT2D eigenvalue weighted by atomic mass is 9.91. The van der Waals surface area contributed by atoms with Gasteiger partial charge in [-0.3, -0.25) is 9.59 Å². The van der Waals surface area contributed by atoms with Crippen molar-refractivity contribution >= 4 is 17.9 Å². The molecule has 130 valence electrons. The molecule has 1 aromatic carbocycles. The summed E-state index contributed by atoms with van der Waals surface area (Å²) >= 11 is 0. The van der Waals surface area contributed by atoms with E-state index in [9.17, 15) is 14.4 Å². The molecular formula is C19H18O6. The Kier molecular flexibility index (Phi) is 4.70. The average molecular weight is 342 g/mol. The van der Waals surface area contributed by atoms with E-state index >= 15 is 0 Å². The van der Waals surface area contributed by atoms with E-state index in [1.807, 2.05) is 18.2 Å². The van der Waals surface area contributed by atoms with Crippen LogP contribution in [-0.4, -0.2) is 24.0 Å². The van der Waals surface area contributed by atoms with Crippen LogP contribution in [0.2, 0.25) is 0 Å². The van der Waals surface area contributed by atoms with E-state index in [4.69, 9.17) is 14.2 Å². The summed E-state index contributed by atoms with van der Waals surface area (Å²) in [4.78, 5) is 35.1. The predicted molar refractivity (Wildman–Crippen MR) is 86.9 cm³/mol. The summed E-state index contributed by atoms with van der Waals surface area (Å²) < 4.78 is 15.9. The fraction of sp³-hybridized carbons (Fsp3) is 0.316. The van der Waals surface area contributed by atoms with Crippen molar-refractivity contribution in [2.24, 2.45) is 0 Å². The van der Waals surface area contributed by atoms with E-state index in [1.165, 1.54) is 13.8 Å². The maximum Gasteiger partial charge on any atom is 0.343 e. The molecule has 2 unspecified atom stereocenters. The third-order valence-corrected chi connectivity index (χ3v) is 4.03. The van der Waals surface area contributed by atoms with Crippen LogP contribution in [0.4, 0.5) is 0 Å². The van der Waals surface area contributed by atoms with Crippen molar-refractivity contribution in [2.45, 2.75) is 38.9 Å². The first-order chi connectivity index (χ1) is 12.0. The highest BCUT2D eigenvalue weighted by atomic mass is 16.6. The fourth-order valence-corrected chi connectivity index (χ4v) is 3.06. The molecule has 0 amide bonds. The quantitative estimate of drug-likeness (QED) is 0.618. The lowest BCUT2D eigenvalue weighted by molar-refractivity contribution is -0.146. The first-order valence-corrected chi connectivity index (χ1v) is 8.02. The molecule has 2 aliphatic rings. The Morgan fingerprint density at radius 3 is 2.52 bits per heavy atom. The van der Waals surface area contributed by atoms with Gasteiger partial charge in [-0.25, -0.2) is 4.79 Å². The van der Waals surface area contributed by atoms with E-state index in [-0.39, 0.29) is 5.97 Å². The standard InChI is InChI=1S/C19H18O6/c1-11(20)23-14-8-9-15-16(10-14)25-19(22)17(15)18(24-12(2)21)13-6-4-3-5-7-13/h3-7,10,14,18H,8-9H2,1-2H3. The Hall–Kier alpha value is -2.89. The number of fused-ring (bicyclic) bond motifs is 1. The molecule has 0 fully saturated rings. The number of carbonyl (C=O) groups is 3. The first kappa shape index (κ1) is 17.0. The monoisotopic (exact) mass is 342 g/mol. The molecule has 0 spiro atoms. The Balaban J connectivity index is 1.99. The zero-order valence-corrected chi connectivity index (χ0v) is 14.0. The Bertz CT molecular complexity index is 774. The van der Waals surface area contributed by atoms with E-state index in [2.05, 4.69) is 0 Å². The third kappa shape index (κ3) is 3.63. The zero-order chi connectivity index (χ0) is 18.0. The molecule has 0 aromatic heterocycles. The molecule has 25 heavy (non-hydrogen) atoms. The summed E-state index contributed by atoms with van der Waals surface area (Å²) in [6.45, 7) is 2.64. The molecule has 0 saturated heterocycles. The van der Waals surface area contributed by atoms with Gasteiger partial charge in [-0.1, -0.05) is 30.3 Å². The minimum Gasteiger partial charge on any atom is -0.458 e. The SMILES string of the molecule is CC(=O)OC1C=C2OC(=O)C(C(OC(C)=O)c3ccccc3)=C2CC1. The molecule has 1 aliphatic heterocycles. The van der Waals surface area contributed by atoms with Gasteiger partial charge in [0.25, 0.3) is 0 Å². The average Bonchev–Trinajstić information content (AvgIpc) is 2.87. The first-order valence-electron chi connectivity index (χ1n) is 8.02.